The van der Waals surface area contributed by atoms with Crippen molar-refractivity contribution in [3.8, 4) is 5.75 Å². The molecule has 0 aliphatic heterocycles. The number of fused-ring (bicyclic) bond motifs is 1. The average Bonchev–Trinajstić information content (AvgIpc) is 2.49. The standard InChI is InChI=1S/C10H8O3/c11-5-4-8-6-7-2-1-3-9(12)10(7)13-8/h1-3,5-6,12H,4H2. The van der Waals surface area contributed by atoms with E-state index in [0.29, 0.717) is 11.3 Å². The van der Waals surface area contributed by atoms with Crippen LogP contribution in [0.2, 0.25) is 0 Å². The van der Waals surface area contributed by atoms with Gasteiger partial charge >= 0.3 is 0 Å². The van der Waals surface area contributed by atoms with Gasteiger partial charge in [-0.3, -0.25) is 0 Å². The first-order chi connectivity index (χ1) is 6.31. The first-order valence-corrected chi connectivity index (χ1v) is 3.95. The number of carbonyl (C=O) groups is 1. The number of para-hydroxylation sites is 1. The van der Waals surface area contributed by atoms with Crippen LogP contribution in [0, 0.1) is 0 Å². The molecule has 2 rings (SSSR count). The number of aromatic hydroxyl groups is 1. The molecule has 0 radical (unpaired) electrons. The lowest BCUT2D eigenvalue weighted by atomic mass is 10.2. The van der Waals surface area contributed by atoms with Crippen LogP contribution in [0.4, 0.5) is 0 Å². The van der Waals surface area contributed by atoms with E-state index in [1.165, 1.54) is 0 Å². The summed E-state index contributed by atoms with van der Waals surface area (Å²) in [5, 5.41) is 10.2. The number of phenols is 1. The number of hydrogen-bond donors (Lipinski definition) is 1. The Morgan fingerprint density at radius 2 is 2.31 bits per heavy atom. The van der Waals surface area contributed by atoms with Gasteiger partial charge < -0.3 is 14.3 Å². The monoisotopic (exact) mass is 176 g/mol. The van der Waals surface area contributed by atoms with E-state index in [9.17, 15) is 9.90 Å². The summed E-state index contributed by atoms with van der Waals surface area (Å²) >= 11 is 0. The van der Waals surface area contributed by atoms with Crippen molar-refractivity contribution in [3.63, 3.8) is 0 Å². The van der Waals surface area contributed by atoms with Crippen molar-refractivity contribution in [2.24, 2.45) is 0 Å². The zero-order valence-electron chi connectivity index (χ0n) is 6.86. The highest BCUT2D eigenvalue weighted by Crippen LogP contribution is 2.27. The third kappa shape index (κ3) is 1.28. The minimum atomic E-state index is 0.106. The van der Waals surface area contributed by atoms with Crippen LogP contribution >= 0.6 is 0 Å². The molecule has 13 heavy (non-hydrogen) atoms. The van der Waals surface area contributed by atoms with Crippen LogP contribution < -0.4 is 0 Å². The van der Waals surface area contributed by atoms with Crippen LogP contribution in [0.15, 0.2) is 28.7 Å². The van der Waals surface area contributed by atoms with E-state index in [-0.39, 0.29) is 12.2 Å². The molecule has 0 aliphatic carbocycles. The van der Waals surface area contributed by atoms with E-state index in [1.54, 1.807) is 18.2 Å². The number of phenolic OH excluding ortho intramolecular Hbond substituents is 1. The van der Waals surface area contributed by atoms with Gasteiger partial charge in [0, 0.05) is 5.39 Å². The summed E-state index contributed by atoms with van der Waals surface area (Å²) in [5.74, 6) is 0.682. The predicted molar refractivity (Wildman–Crippen MR) is 47.6 cm³/mol. The SMILES string of the molecule is O=CCc1cc2cccc(O)c2o1. The Bertz CT molecular complexity index is 442. The molecule has 0 bridgehead atoms. The zero-order chi connectivity index (χ0) is 9.26. The fraction of sp³-hybridized carbons (Fsp3) is 0.100. The van der Waals surface area contributed by atoms with Crippen molar-refractivity contribution in [2.75, 3.05) is 0 Å². The van der Waals surface area contributed by atoms with Gasteiger partial charge in [-0.15, -0.1) is 0 Å². The van der Waals surface area contributed by atoms with Crippen LogP contribution in [0.25, 0.3) is 11.0 Å². The number of carbonyl (C=O) groups excluding carboxylic acids is 1. The topological polar surface area (TPSA) is 50.4 Å². The molecule has 3 heteroatoms. The second-order valence-corrected chi connectivity index (χ2v) is 2.78. The van der Waals surface area contributed by atoms with E-state index in [1.807, 2.05) is 6.07 Å². The van der Waals surface area contributed by atoms with Crippen molar-refractivity contribution in [2.45, 2.75) is 6.42 Å². The molecule has 0 atom stereocenters. The van der Waals surface area contributed by atoms with Crippen LogP contribution in [-0.2, 0) is 11.2 Å². The van der Waals surface area contributed by atoms with Crippen molar-refractivity contribution >= 4 is 17.3 Å². The van der Waals surface area contributed by atoms with Crippen molar-refractivity contribution < 1.29 is 14.3 Å². The quantitative estimate of drug-likeness (QED) is 0.710. The highest BCUT2D eigenvalue weighted by atomic mass is 16.4. The summed E-state index contributed by atoms with van der Waals surface area (Å²) in [5.41, 5.74) is 0.444. The predicted octanol–water partition coefficient (Wildman–Crippen LogP) is 1.88. The van der Waals surface area contributed by atoms with Crippen LogP contribution in [-0.4, -0.2) is 11.4 Å². The molecule has 0 saturated heterocycles. The number of furan rings is 1. The van der Waals surface area contributed by atoms with E-state index in [0.717, 1.165) is 11.7 Å². The number of benzene rings is 1. The maximum Gasteiger partial charge on any atom is 0.175 e. The Balaban J connectivity index is 2.61. The molecule has 0 aliphatic rings. The molecule has 1 aromatic carbocycles. The lowest BCUT2D eigenvalue weighted by molar-refractivity contribution is -0.107. The second-order valence-electron chi connectivity index (χ2n) is 2.78. The van der Waals surface area contributed by atoms with Crippen molar-refractivity contribution in [3.05, 3.63) is 30.0 Å². The maximum atomic E-state index is 10.2. The van der Waals surface area contributed by atoms with Gasteiger partial charge in [-0.25, -0.2) is 0 Å². The molecular formula is C10H8O3. The molecule has 2 aromatic rings. The molecule has 0 amide bonds. The summed E-state index contributed by atoms with van der Waals surface area (Å²) in [6.07, 6.45) is 1.02. The van der Waals surface area contributed by atoms with Gasteiger partial charge in [0.25, 0.3) is 0 Å². The second kappa shape index (κ2) is 2.94. The molecule has 1 N–H and O–H groups in total. The van der Waals surface area contributed by atoms with Gasteiger partial charge in [0.1, 0.15) is 12.0 Å². The first-order valence-electron chi connectivity index (χ1n) is 3.95. The highest BCUT2D eigenvalue weighted by Gasteiger charge is 2.05. The molecule has 0 unspecified atom stereocenters. The van der Waals surface area contributed by atoms with Crippen molar-refractivity contribution in [1.29, 1.82) is 0 Å². The van der Waals surface area contributed by atoms with Gasteiger partial charge in [0.05, 0.1) is 6.42 Å². The molecule has 0 saturated carbocycles. The van der Waals surface area contributed by atoms with Crippen LogP contribution in [0.5, 0.6) is 5.75 Å². The van der Waals surface area contributed by atoms with Gasteiger partial charge in [-0.2, -0.15) is 0 Å². The molecule has 3 nitrogen and oxygen atoms in total. The summed E-state index contributed by atoms with van der Waals surface area (Å²) in [7, 11) is 0. The Morgan fingerprint density at radius 3 is 3.00 bits per heavy atom. The lowest BCUT2D eigenvalue weighted by Crippen LogP contribution is -1.78. The fourth-order valence-corrected chi connectivity index (χ4v) is 1.28. The van der Waals surface area contributed by atoms with Gasteiger partial charge in [0.2, 0.25) is 0 Å². The molecule has 0 fully saturated rings. The third-order valence-corrected chi connectivity index (χ3v) is 1.86. The number of rotatable bonds is 2. The van der Waals surface area contributed by atoms with E-state index < -0.39 is 0 Å². The molecular weight excluding hydrogens is 168 g/mol. The van der Waals surface area contributed by atoms with E-state index in [2.05, 4.69) is 0 Å². The summed E-state index contributed by atoms with van der Waals surface area (Å²) in [6, 6.07) is 6.87. The van der Waals surface area contributed by atoms with Crippen LogP contribution in [0.1, 0.15) is 5.76 Å². The summed E-state index contributed by atoms with van der Waals surface area (Å²) < 4.78 is 5.26. The average molecular weight is 176 g/mol. The van der Waals surface area contributed by atoms with E-state index >= 15 is 0 Å². The maximum absolute atomic E-state index is 10.2. The molecule has 0 spiro atoms. The minimum absolute atomic E-state index is 0.106. The third-order valence-electron chi connectivity index (χ3n) is 1.86. The smallest absolute Gasteiger partial charge is 0.175 e. The lowest BCUT2D eigenvalue weighted by Gasteiger charge is -1.90. The fourth-order valence-electron chi connectivity index (χ4n) is 1.28. The largest absolute Gasteiger partial charge is 0.504 e. The van der Waals surface area contributed by atoms with Gasteiger partial charge in [-0.1, -0.05) is 12.1 Å². The summed E-state index contributed by atoms with van der Waals surface area (Å²) in [6.45, 7) is 0. The van der Waals surface area contributed by atoms with Gasteiger partial charge in [0.15, 0.2) is 11.3 Å². The highest BCUT2D eigenvalue weighted by molar-refractivity contribution is 5.83. The normalized spacial score (nSPS) is 10.5. The Hall–Kier alpha value is -1.77. The Labute approximate surface area is 74.6 Å². The molecule has 66 valence electrons. The zero-order valence-corrected chi connectivity index (χ0v) is 6.86. The van der Waals surface area contributed by atoms with Crippen LogP contribution in [0.3, 0.4) is 0 Å². The molecule has 1 heterocycles. The minimum Gasteiger partial charge on any atom is -0.504 e. The van der Waals surface area contributed by atoms with E-state index in [4.69, 9.17) is 4.42 Å². The number of hydrogen-bond acceptors (Lipinski definition) is 3. The Morgan fingerprint density at radius 1 is 1.46 bits per heavy atom. The van der Waals surface area contributed by atoms with Gasteiger partial charge in [-0.05, 0) is 12.1 Å². The summed E-state index contributed by atoms with van der Waals surface area (Å²) in [4.78, 5) is 10.2. The molecule has 1 aromatic heterocycles. The first kappa shape index (κ1) is 7.86. The van der Waals surface area contributed by atoms with Crippen molar-refractivity contribution in [1.82, 2.24) is 0 Å². The Kier molecular flexibility index (Phi) is 1.77. The number of aldehydes is 1.